The molecule has 1 aromatic carbocycles. The van der Waals surface area contributed by atoms with E-state index in [1.54, 1.807) is 22.7 Å². The van der Waals surface area contributed by atoms with E-state index in [4.69, 9.17) is 16.3 Å². The maximum Gasteiger partial charge on any atom is 0.329 e. The molecule has 1 amide bonds. The molecule has 0 N–H and O–H groups in total. The van der Waals surface area contributed by atoms with Crippen LogP contribution in [0, 0.1) is 0 Å². The summed E-state index contributed by atoms with van der Waals surface area (Å²) in [6, 6.07) is 6.87. The van der Waals surface area contributed by atoms with Crippen LogP contribution in [0.1, 0.15) is 37.6 Å². The van der Waals surface area contributed by atoms with E-state index in [2.05, 4.69) is 0 Å². The predicted molar refractivity (Wildman–Crippen MR) is 88.8 cm³/mol. The summed E-state index contributed by atoms with van der Waals surface area (Å²) in [6.45, 7) is 3.91. The summed E-state index contributed by atoms with van der Waals surface area (Å²) >= 11 is 7.78. The first-order valence-corrected chi connectivity index (χ1v) is 8.80. The number of hydrogen-bond donors (Lipinski definition) is 0. The van der Waals surface area contributed by atoms with E-state index in [0.29, 0.717) is 17.4 Å². The largest absolute Gasteiger partial charge is 0.464 e. The molecule has 6 heteroatoms. The van der Waals surface area contributed by atoms with Gasteiger partial charge in [-0.1, -0.05) is 43.1 Å². The normalized spacial score (nSPS) is 21.0. The van der Waals surface area contributed by atoms with Gasteiger partial charge in [-0.25, -0.2) is 4.79 Å². The lowest BCUT2D eigenvalue weighted by Crippen LogP contribution is -2.42. The average Bonchev–Trinajstić information content (AvgIpc) is 2.93. The number of unbranched alkanes of at least 4 members (excludes halogenated alkanes) is 1. The van der Waals surface area contributed by atoms with Crippen LogP contribution >= 0.6 is 23.4 Å². The molecular formula is C16H20ClNO3S. The van der Waals surface area contributed by atoms with Crippen LogP contribution in [0.3, 0.4) is 0 Å². The van der Waals surface area contributed by atoms with E-state index < -0.39 is 6.04 Å². The summed E-state index contributed by atoms with van der Waals surface area (Å²) in [5, 5.41) is 0.362. The van der Waals surface area contributed by atoms with E-state index in [1.165, 1.54) is 6.92 Å². The highest BCUT2D eigenvalue weighted by atomic mass is 35.5. The van der Waals surface area contributed by atoms with Crippen molar-refractivity contribution >= 4 is 35.2 Å². The van der Waals surface area contributed by atoms with Crippen LogP contribution < -0.4 is 0 Å². The van der Waals surface area contributed by atoms with Crippen LogP contribution in [-0.4, -0.2) is 35.2 Å². The topological polar surface area (TPSA) is 46.6 Å². The zero-order valence-electron chi connectivity index (χ0n) is 12.8. The number of nitrogens with zero attached hydrogens (tertiary/aromatic N) is 1. The Morgan fingerprint density at radius 1 is 1.41 bits per heavy atom. The second-order valence-corrected chi connectivity index (χ2v) is 6.69. The van der Waals surface area contributed by atoms with E-state index >= 15 is 0 Å². The lowest BCUT2D eigenvalue weighted by molar-refractivity contribution is -0.153. The first-order valence-electron chi connectivity index (χ1n) is 7.37. The van der Waals surface area contributed by atoms with Crippen LogP contribution in [0.2, 0.25) is 5.02 Å². The summed E-state index contributed by atoms with van der Waals surface area (Å²) < 4.78 is 5.28. The van der Waals surface area contributed by atoms with Crippen molar-refractivity contribution in [1.29, 1.82) is 0 Å². The Balaban J connectivity index is 2.16. The van der Waals surface area contributed by atoms with Gasteiger partial charge in [0.2, 0.25) is 5.91 Å². The van der Waals surface area contributed by atoms with Crippen molar-refractivity contribution in [3.05, 3.63) is 34.9 Å². The molecule has 1 aliphatic rings. The Labute approximate surface area is 140 Å². The Morgan fingerprint density at radius 3 is 2.77 bits per heavy atom. The fourth-order valence-electron chi connectivity index (χ4n) is 2.40. The third-order valence-corrected chi connectivity index (χ3v) is 5.20. The van der Waals surface area contributed by atoms with Crippen molar-refractivity contribution in [3.8, 4) is 0 Å². The van der Waals surface area contributed by atoms with Crippen LogP contribution in [-0.2, 0) is 14.3 Å². The lowest BCUT2D eigenvalue weighted by atomic mass is 10.1. The third kappa shape index (κ3) is 3.76. The maximum atomic E-state index is 12.2. The summed E-state index contributed by atoms with van der Waals surface area (Å²) in [6.07, 6.45) is 1.80. The number of rotatable bonds is 5. The van der Waals surface area contributed by atoms with E-state index in [-0.39, 0.29) is 17.3 Å². The fourth-order valence-corrected chi connectivity index (χ4v) is 4.21. The van der Waals surface area contributed by atoms with Gasteiger partial charge < -0.3 is 9.64 Å². The van der Waals surface area contributed by atoms with Crippen molar-refractivity contribution in [2.75, 3.05) is 12.4 Å². The van der Waals surface area contributed by atoms with Crippen LogP contribution in [0.25, 0.3) is 0 Å². The van der Waals surface area contributed by atoms with Crippen molar-refractivity contribution < 1.29 is 14.3 Å². The zero-order valence-corrected chi connectivity index (χ0v) is 14.3. The quantitative estimate of drug-likeness (QED) is 0.606. The zero-order chi connectivity index (χ0) is 16.1. The van der Waals surface area contributed by atoms with Gasteiger partial charge in [0.25, 0.3) is 0 Å². The number of hydrogen-bond acceptors (Lipinski definition) is 4. The molecule has 0 bridgehead atoms. The number of ether oxygens (including phenoxy) is 1. The first-order chi connectivity index (χ1) is 10.6. The van der Waals surface area contributed by atoms with Crippen LogP contribution in [0.15, 0.2) is 24.3 Å². The number of carbonyl (C=O) groups is 2. The monoisotopic (exact) mass is 341 g/mol. The highest BCUT2D eigenvalue weighted by Gasteiger charge is 2.42. The molecule has 22 heavy (non-hydrogen) atoms. The summed E-state index contributed by atoms with van der Waals surface area (Å²) in [7, 11) is 0. The molecule has 2 rings (SSSR count). The first kappa shape index (κ1) is 17.2. The highest BCUT2D eigenvalue weighted by Crippen LogP contribution is 2.43. The molecule has 0 spiro atoms. The van der Waals surface area contributed by atoms with Gasteiger partial charge in [-0.15, -0.1) is 11.8 Å². The van der Waals surface area contributed by atoms with Crippen molar-refractivity contribution in [1.82, 2.24) is 4.90 Å². The number of esters is 1. The van der Waals surface area contributed by atoms with Gasteiger partial charge in [0, 0.05) is 23.3 Å². The predicted octanol–water partition coefficient (Wildman–Crippen LogP) is 3.65. The molecule has 1 saturated heterocycles. The maximum absolute atomic E-state index is 12.2. The minimum atomic E-state index is -0.541. The molecule has 2 atom stereocenters. The van der Waals surface area contributed by atoms with Crippen LogP contribution in [0.4, 0.5) is 0 Å². The average molecular weight is 342 g/mol. The Kier molecular flexibility index (Phi) is 6.15. The number of amides is 1. The minimum Gasteiger partial charge on any atom is -0.464 e. The molecule has 1 heterocycles. The van der Waals surface area contributed by atoms with Crippen LogP contribution in [0.5, 0.6) is 0 Å². The van der Waals surface area contributed by atoms with Crippen molar-refractivity contribution in [2.24, 2.45) is 0 Å². The lowest BCUT2D eigenvalue weighted by Gasteiger charge is -2.27. The van der Waals surface area contributed by atoms with Gasteiger partial charge in [0.15, 0.2) is 0 Å². The molecule has 120 valence electrons. The molecule has 0 unspecified atom stereocenters. The van der Waals surface area contributed by atoms with Gasteiger partial charge in [-0.2, -0.15) is 0 Å². The molecule has 0 radical (unpaired) electrons. The van der Waals surface area contributed by atoms with Gasteiger partial charge >= 0.3 is 5.97 Å². The Hall–Kier alpha value is -1.20. The Bertz CT molecular complexity index is 552. The third-order valence-electron chi connectivity index (χ3n) is 3.55. The summed E-state index contributed by atoms with van der Waals surface area (Å²) in [5.74, 6) is 0.0542. The molecule has 1 fully saturated rings. The standard InChI is InChI=1S/C16H20ClNO3S/c1-3-4-9-21-16(20)14-10-22-15(18(14)11(2)19)12-7-5-6-8-13(12)17/h5-8,14-15H,3-4,9-10H2,1-2H3/t14-,15-/m0/s1. The molecular weight excluding hydrogens is 322 g/mol. The van der Waals surface area contributed by atoms with E-state index in [9.17, 15) is 9.59 Å². The van der Waals surface area contributed by atoms with Gasteiger partial charge in [-0.05, 0) is 12.5 Å². The number of carbonyl (C=O) groups excluding carboxylic acids is 2. The molecule has 4 nitrogen and oxygen atoms in total. The minimum absolute atomic E-state index is 0.146. The summed E-state index contributed by atoms with van der Waals surface area (Å²) in [4.78, 5) is 25.9. The van der Waals surface area contributed by atoms with E-state index in [1.807, 2.05) is 25.1 Å². The molecule has 1 aromatic rings. The van der Waals surface area contributed by atoms with E-state index in [0.717, 1.165) is 18.4 Å². The van der Waals surface area contributed by atoms with Crippen molar-refractivity contribution in [2.45, 2.75) is 38.1 Å². The molecule has 1 aliphatic heterocycles. The molecule has 0 saturated carbocycles. The second kappa shape index (κ2) is 7.88. The fraction of sp³-hybridized carbons (Fsp3) is 0.500. The number of thioether (sulfide) groups is 1. The number of halogens is 1. The van der Waals surface area contributed by atoms with Gasteiger partial charge in [-0.3, -0.25) is 4.79 Å². The number of benzene rings is 1. The highest BCUT2D eigenvalue weighted by molar-refractivity contribution is 7.99. The summed E-state index contributed by atoms with van der Waals surface area (Å²) in [5.41, 5.74) is 0.855. The molecule has 0 aliphatic carbocycles. The smallest absolute Gasteiger partial charge is 0.329 e. The second-order valence-electron chi connectivity index (χ2n) is 5.17. The van der Waals surface area contributed by atoms with Gasteiger partial charge in [0.1, 0.15) is 11.4 Å². The Morgan fingerprint density at radius 2 is 2.14 bits per heavy atom. The molecule has 0 aromatic heterocycles. The van der Waals surface area contributed by atoms with Gasteiger partial charge in [0.05, 0.1) is 6.61 Å². The van der Waals surface area contributed by atoms with Crippen molar-refractivity contribution in [3.63, 3.8) is 0 Å². The SMILES string of the molecule is CCCCOC(=O)[C@@H]1CS[C@@H](c2ccccc2Cl)N1C(C)=O.